The minimum Gasteiger partial charge on any atom is -0.325 e. The van der Waals surface area contributed by atoms with Crippen LogP contribution < -0.4 is 5.32 Å². The number of hydrogen-bond acceptors (Lipinski definition) is 2. The zero-order valence-electron chi connectivity index (χ0n) is 14.1. The second-order valence-electron chi connectivity index (χ2n) is 7.13. The molecule has 0 radical (unpaired) electrons. The molecular formula is C17H31N3. The molecule has 3 nitrogen and oxygen atoms in total. The van der Waals surface area contributed by atoms with Crippen LogP contribution in [0.4, 0.5) is 0 Å². The molecule has 114 valence electrons. The summed E-state index contributed by atoms with van der Waals surface area (Å²) in [6.45, 7) is 15.9. The average Bonchev–Trinajstić information content (AvgIpc) is 2.82. The molecule has 0 fully saturated rings. The molecule has 20 heavy (non-hydrogen) atoms. The van der Waals surface area contributed by atoms with Crippen LogP contribution in [0.5, 0.6) is 0 Å². The van der Waals surface area contributed by atoms with Gasteiger partial charge in [-0.3, -0.25) is 0 Å². The van der Waals surface area contributed by atoms with Gasteiger partial charge in [0.2, 0.25) is 0 Å². The molecule has 1 aromatic rings. The quantitative estimate of drug-likeness (QED) is 0.908. The van der Waals surface area contributed by atoms with Gasteiger partial charge in [0.25, 0.3) is 0 Å². The van der Waals surface area contributed by atoms with Crippen LogP contribution in [-0.2, 0) is 23.9 Å². The first-order valence-electron chi connectivity index (χ1n) is 8.21. The van der Waals surface area contributed by atoms with E-state index in [2.05, 4.69) is 51.4 Å². The highest BCUT2D eigenvalue weighted by molar-refractivity contribution is 5.26. The fourth-order valence-corrected chi connectivity index (χ4v) is 3.55. The lowest BCUT2D eigenvalue weighted by Gasteiger charge is -2.38. The van der Waals surface area contributed by atoms with Gasteiger partial charge in [0.05, 0.1) is 5.69 Å². The van der Waals surface area contributed by atoms with E-state index in [9.17, 15) is 0 Å². The Bertz CT molecular complexity index is 453. The molecule has 1 aromatic heterocycles. The van der Waals surface area contributed by atoms with Crippen LogP contribution in [0.1, 0.15) is 78.0 Å². The van der Waals surface area contributed by atoms with Crippen LogP contribution in [0.3, 0.4) is 0 Å². The predicted octanol–water partition coefficient (Wildman–Crippen LogP) is 3.75. The molecule has 1 aliphatic heterocycles. The average molecular weight is 277 g/mol. The summed E-state index contributed by atoms with van der Waals surface area (Å²) in [4.78, 5) is 5.03. The third kappa shape index (κ3) is 2.41. The summed E-state index contributed by atoms with van der Waals surface area (Å²) >= 11 is 0. The van der Waals surface area contributed by atoms with Crippen LogP contribution in [0.25, 0.3) is 0 Å². The molecule has 0 spiro atoms. The Hall–Kier alpha value is -0.830. The van der Waals surface area contributed by atoms with Crippen LogP contribution in [-0.4, -0.2) is 16.1 Å². The summed E-state index contributed by atoms with van der Waals surface area (Å²) in [6, 6.07) is 0. The highest BCUT2D eigenvalue weighted by Crippen LogP contribution is 2.37. The summed E-state index contributed by atoms with van der Waals surface area (Å²) in [5.41, 5.74) is 3.10. The van der Waals surface area contributed by atoms with Gasteiger partial charge >= 0.3 is 0 Å². The monoisotopic (exact) mass is 277 g/mol. The summed E-state index contributed by atoms with van der Waals surface area (Å²) in [5, 5.41) is 3.46. The second-order valence-corrected chi connectivity index (χ2v) is 7.13. The molecule has 2 heterocycles. The molecule has 0 saturated carbocycles. The molecule has 0 aliphatic carbocycles. The maximum atomic E-state index is 5.03. The van der Waals surface area contributed by atoms with Gasteiger partial charge in [0.1, 0.15) is 5.82 Å². The van der Waals surface area contributed by atoms with E-state index in [1.54, 1.807) is 0 Å². The second kappa shape index (κ2) is 5.51. The number of nitrogens with one attached hydrogen (secondary N) is 1. The van der Waals surface area contributed by atoms with Gasteiger partial charge in [-0.15, -0.1) is 0 Å². The van der Waals surface area contributed by atoms with Crippen LogP contribution in [0.15, 0.2) is 0 Å². The van der Waals surface area contributed by atoms with Gasteiger partial charge in [-0.1, -0.05) is 41.5 Å². The molecule has 0 amide bonds. The fraction of sp³-hybridized carbons (Fsp3) is 0.824. The Kier molecular flexibility index (Phi) is 4.29. The Labute approximate surface area is 124 Å². The Morgan fingerprint density at radius 2 is 1.70 bits per heavy atom. The van der Waals surface area contributed by atoms with Crippen molar-refractivity contribution in [1.82, 2.24) is 14.9 Å². The first-order chi connectivity index (χ1) is 9.39. The van der Waals surface area contributed by atoms with Crippen molar-refractivity contribution < 1.29 is 0 Å². The first-order valence-corrected chi connectivity index (χ1v) is 8.21. The van der Waals surface area contributed by atoms with Gasteiger partial charge in [-0.2, -0.15) is 0 Å². The van der Waals surface area contributed by atoms with Crippen LogP contribution in [0, 0.1) is 0 Å². The summed E-state index contributed by atoms with van der Waals surface area (Å²) in [7, 11) is 0. The van der Waals surface area contributed by atoms with E-state index in [4.69, 9.17) is 4.98 Å². The number of fused-ring (bicyclic) bond motifs is 1. The van der Waals surface area contributed by atoms with E-state index in [1.165, 1.54) is 36.5 Å². The molecule has 0 atom stereocenters. The molecule has 1 N–H and O–H groups in total. The number of hydrogen-bond donors (Lipinski definition) is 1. The third-order valence-electron chi connectivity index (χ3n) is 5.01. The highest BCUT2D eigenvalue weighted by Gasteiger charge is 2.36. The molecular weight excluding hydrogens is 246 g/mol. The smallest absolute Gasteiger partial charge is 0.115 e. The van der Waals surface area contributed by atoms with Crippen molar-refractivity contribution in [2.75, 3.05) is 6.54 Å². The maximum Gasteiger partial charge on any atom is 0.115 e. The third-order valence-corrected chi connectivity index (χ3v) is 5.01. The minimum absolute atomic E-state index is 0.0993. The van der Waals surface area contributed by atoms with E-state index >= 15 is 0 Å². The Morgan fingerprint density at radius 3 is 2.20 bits per heavy atom. The Morgan fingerprint density at radius 1 is 1.10 bits per heavy atom. The minimum atomic E-state index is 0.0993. The zero-order valence-corrected chi connectivity index (χ0v) is 14.1. The number of rotatable bonds is 4. The zero-order chi connectivity index (χ0) is 15.0. The molecule has 0 unspecified atom stereocenters. The number of aromatic nitrogens is 2. The van der Waals surface area contributed by atoms with Gasteiger partial charge < -0.3 is 9.88 Å². The lowest BCUT2D eigenvalue weighted by Crippen LogP contribution is -2.38. The Balaban J connectivity index is 2.68. The van der Waals surface area contributed by atoms with Crippen molar-refractivity contribution in [1.29, 1.82) is 0 Å². The topological polar surface area (TPSA) is 29.9 Å². The van der Waals surface area contributed by atoms with Crippen molar-refractivity contribution in [3.63, 3.8) is 0 Å². The van der Waals surface area contributed by atoms with Crippen molar-refractivity contribution in [2.24, 2.45) is 0 Å². The highest BCUT2D eigenvalue weighted by atomic mass is 15.2. The molecule has 0 aromatic carbocycles. The van der Waals surface area contributed by atoms with E-state index in [0.29, 0.717) is 0 Å². The van der Waals surface area contributed by atoms with Gasteiger partial charge in [0.15, 0.2) is 0 Å². The van der Waals surface area contributed by atoms with Crippen molar-refractivity contribution in [3.8, 4) is 0 Å². The predicted molar refractivity (Wildman–Crippen MR) is 85.2 cm³/mol. The summed E-state index contributed by atoms with van der Waals surface area (Å²) in [6.07, 6.45) is 4.65. The first kappa shape index (κ1) is 15.6. The largest absolute Gasteiger partial charge is 0.325 e. The maximum absolute atomic E-state index is 5.03. The lowest BCUT2D eigenvalue weighted by atomic mass is 9.86. The normalized spacial score (nSPS) is 16.3. The fourth-order valence-electron chi connectivity index (χ4n) is 3.55. The standard InChI is InChI=1S/C17H31N3/c1-7-17(8-2,9-3)20-14-10-11-18-12-13(14)19-15(20)16(4,5)6/h18H,7-12H2,1-6H3. The van der Waals surface area contributed by atoms with E-state index < -0.39 is 0 Å². The van der Waals surface area contributed by atoms with Gasteiger partial charge in [-0.05, 0) is 19.3 Å². The van der Waals surface area contributed by atoms with Gasteiger partial charge in [0, 0.05) is 36.2 Å². The van der Waals surface area contributed by atoms with E-state index in [1.807, 2.05) is 0 Å². The summed E-state index contributed by atoms with van der Waals surface area (Å²) < 4.78 is 2.63. The van der Waals surface area contributed by atoms with E-state index in [-0.39, 0.29) is 11.0 Å². The number of nitrogens with zero attached hydrogens (tertiary/aromatic N) is 2. The molecule has 3 heteroatoms. The molecule has 2 rings (SSSR count). The van der Waals surface area contributed by atoms with Crippen molar-refractivity contribution in [2.45, 2.75) is 84.7 Å². The van der Waals surface area contributed by atoms with Crippen molar-refractivity contribution >= 4 is 0 Å². The van der Waals surface area contributed by atoms with Gasteiger partial charge in [-0.25, -0.2) is 4.98 Å². The molecule has 0 saturated heterocycles. The van der Waals surface area contributed by atoms with E-state index in [0.717, 1.165) is 19.5 Å². The molecule has 0 bridgehead atoms. The summed E-state index contributed by atoms with van der Waals surface area (Å²) in [5.74, 6) is 1.27. The SMILES string of the molecule is CCC(CC)(CC)n1c(C(C)(C)C)nc2c1CCNC2. The lowest BCUT2D eigenvalue weighted by molar-refractivity contribution is 0.225. The van der Waals surface area contributed by atoms with Crippen LogP contribution in [0.2, 0.25) is 0 Å². The molecule has 1 aliphatic rings. The number of imidazole rings is 1. The van der Waals surface area contributed by atoms with Crippen molar-refractivity contribution in [3.05, 3.63) is 17.2 Å². The van der Waals surface area contributed by atoms with Crippen LogP contribution >= 0.6 is 0 Å².